The van der Waals surface area contributed by atoms with Crippen molar-refractivity contribution < 1.29 is 9.47 Å². The predicted molar refractivity (Wildman–Crippen MR) is 67.4 cm³/mol. The van der Waals surface area contributed by atoms with Crippen molar-refractivity contribution in [3.8, 4) is 11.5 Å². The Morgan fingerprint density at radius 1 is 1.12 bits per heavy atom. The van der Waals surface area contributed by atoms with Crippen LogP contribution < -0.4 is 9.47 Å². The highest BCUT2D eigenvalue weighted by Gasteiger charge is 2.33. The lowest BCUT2D eigenvalue weighted by Gasteiger charge is -2.28. The minimum atomic E-state index is -0.0137. The first-order valence-corrected chi connectivity index (χ1v) is 6.27. The molecule has 0 N–H and O–H groups in total. The van der Waals surface area contributed by atoms with E-state index in [9.17, 15) is 0 Å². The SMILES string of the molecule is C=CCC1(CC=C)COc2cscc2OC1. The van der Waals surface area contributed by atoms with E-state index in [1.54, 1.807) is 11.3 Å². The second kappa shape index (κ2) is 4.74. The van der Waals surface area contributed by atoms with Crippen LogP contribution in [0.5, 0.6) is 11.5 Å². The molecule has 1 aromatic heterocycles. The molecule has 1 aliphatic heterocycles. The first kappa shape index (κ1) is 11.3. The Labute approximate surface area is 100 Å². The van der Waals surface area contributed by atoms with Gasteiger partial charge < -0.3 is 9.47 Å². The third-order valence-corrected chi connectivity index (χ3v) is 3.52. The van der Waals surface area contributed by atoms with Gasteiger partial charge in [0.2, 0.25) is 0 Å². The van der Waals surface area contributed by atoms with Crippen LogP contribution in [-0.4, -0.2) is 13.2 Å². The standard InChI is InChI=1S/C13H16O2S/c1-3-5-13(6-4-2)9-14-11-7-16-8-12(11)15-10-13/h3-4,7-8H,1-2,5-6,9-10H2. The first-order chi connectivity index (χ1) is 7.79. The molecule has 16 heavy (non-hydrogen) atoms. The third-order valence-electron chi connectivity index (χ3n) is 2.82. The fourth-order valence-electron chi connectivity index (χ4n) is 1.92. The Morgan fingerprint density at radius 3 is 2.06 bits per heavy atom. The molecule has 0 atom stereocenters. The van der Waals surface area contributed by atoms with E-state index in [1.807, 2.05) is 22.9 Å². The quantitative estimate of drug-likeness (QED) is 0.743. The van der Waals surface area contributed by atoms with Crippen LogP contribution in [-0.2, 0) is 0 Å². The van der Waals surface area contributed by atoms with Crippen LogP contribution >= 0.6 is 11.3 Å². The van der Waals surface area contributed by atoms with Gasteiger partial charge in [-0.05, 0) is 12.8 Å². The monoisotopic (exact) mass is 236 g/mol. The van der Waals surface area contributed by atoms with Gasteiger partial charge in [0.15, 0.2) is 11.5 Å². The maximum Gasteiger partial charge on any atom is 0.171 e. The van der Waals surface area contributed by atoms with Gasteiger partial charge in [-0.15, -0.1) is 24.5 Å². The Balaban J connectivity index is 2.16. The van der Waals surface area contributed by atoms with Crippen LogP contribution in [0.1, 0.15) is 12.8 Å². The summed E-state index contributed by atoms with van der Waals surface area (Å²) in [7, 11) is 0. The van der Waals surface area contributed by atoms with Crippen molar-refractivity contribution in [3.05, 3.63) is 36.1 Å². The van der Waals surface area contributed by atoms with Crippen LogP contribution in [0, 0.1) is 5.41 Å². The Bertz CT molecular complexity index is 347. The molecule has 0 saturated carbocycles. The molecular formula is C13H16O2S. The minimum Gasteiger partial charge on any atom is -0.488 e. The van der Waals surface area contributed by atoms with E-state index in [0.29, 0.717) is 13.2 Å². The molecule has 1 aliphatic rings. The minimum absolute atomic E-state index is 0.0137. The average Bonchev–Trinajstić information content (AvgIpc) is 2.66. The van der Waals surface area contributed by atoms with E-state index < -0.39 is 0 Å². The van der Waals surface area contributed by atoms with Gasteiger partial charge in [0.05, 0.1) is 13.2 Å². The van der Waals surface area contributed by atoms with E-state index in [0.717, 1.165) is 24.3 Å². The zero-order valence-electron chi connectivity index (χ0n) is 9.28. The first-order valence-electron chi connectivity index (χ1n) is 5.33. The molecule has 0 bridgehead atoms. The van der Waals surface area contributed by atoms with Crippen molar-refractivity contribution in [2.45, 2.75) is 12.8 Å². The molecule has 2 nitrogen and oxygen atoms in total. The lowest BCUT2D eigenvalue weighted by atomic mass is 9.83. The summed E-state index contributed by atoms with van der Waals surface area (Å²) in [5, 5.41) is 3.96. The molecule has 0 amide bonds. The molecule has 0 spiro atoms. The Kier molecular flexibility index (Phi) is 3.34. The second-order valence-corrected chi connectivity index (χ2v) is 4.91. The second-order valence-electron chi connectivity index (χ2n) is 4.16. The highest BCUT2D eigenvalue weighted by molar-refractivity contribution is 7.08. The fourth-order valence-corrected chi connectivity index (χ4v) is 2.60. The predicted octanol–water partition coefficient (Wildman–Crippen LogP) is 3.66. The maximum atomic E-state index is 5.80. The molecule has 0 aliphatic carbocycles. The summed E-state index contributed by atoms with van der Waals surface area (Å²) < 4.78 is 11.6. The van der Waals surface area contributed by atoms with E-state index in [4.69, 9.17) is 9.47 Å². The van der Waals surface area contributed by atoms with E-state index >= 15 is 0 Å². The molecule has 2 heterocycles. The number of ether oxygens (including phenoxy) is 2. The van der Waals surface area contributed by atoms with Crippen LogP contribution in [0.15, 0.2) is 36.1 Å². The molecule has 0 fully saturated rings. The van der Waals surface area contributed by atoms with Gasteiger partial charge in [-0.1, -0.05) is 12.2 Å². The molecule has 3 heteroatoms. The summed E-state index contributed by atoms with van der Waals surface area (Å²) in [6, 6.07) is 0. The van der Waals surface area contributed by atoms with E-state index in [-0.39, 0.29) is 5.41 Å². The number of thiophene rings is 1. The number of hydrogen-bond donors (Lipinski definition) is 0. The van der Waals surface area contributed by atoms with Crippen molar-refractivity contribution in [3.63, 3.8) is 0 Å². The van der Waals surface area contributed by atoms with Crippen molar-refractivity contribution >= 4 is 11.3 Å². The van der Waals surface area contributed by atoms with Crippen LogP contribution in [0.3, 0.4) is 0 Å². The van der Waals surface area contributed by atoms with Crippen molar-refractivity contribution in [2.24, 2.45) is 5.41 Å². The van der Waals surface area contributed by atoms with Crippen molar-refractivity contribution in [1.29, 1.82) is 0 Å². The normalized spacial score (nSPS) is 17.5. The lowest BCUT2D eigenvalue weighted by Crippen LogP contribution is -2.32. The summed E-state index contributed by atoms with van der Waals surface area (Å²) in [5.41, 5.74) is -0.0137. The summed E-state index contributed by atoms with van der Waals surface area (Å²) in [6.07, 6.45) is 5.61. The highest BCUT2D eigenvalue weighted by Crippen LogP contribution is 2.39. The number of hydrogen-bond acceptors (Lipinski definition) is 3. The smallest absolute Gasteiger partial charge is 0.171 e. The molecule has 0 unspecified atom stereocenters. The number of fused-ring (bicyclic) bond motifs is 1. The van der Waals surface area contributed by atoms with Crippen molar-refractivity contribution in [2.75, 3.05) is 13.2 Å². The van der Waals surface area contributed by atoms with Gasteiger partial charge >= 0.3 is 0 Å². The van der Waals surface area contributed by atoms with Crippen LogP contribution in [0.2, 0.25) is 0 Å². The zero-order chi connectivity index (χ0) is 11.4. The van der Waals surface area contributed by atoms with Gasteiger partial charge in [-0.25, -0.2) is 0 Å². The van der Waals surface area contributed by atoms with Crippen LogP contribution in [0.25, 0.3) is 0 Å². The van der Waals surface area contributed by atoms with Crippen molar-refractivity contribution in [1.82, 2.24) is 0 Å². The zero-order valence-corrected chi connectivity index (χ0v) is 10.1. The topological polar surface area (TPSA) is 18.5 Å². The molecular weight excluding hydrogens is 220 g/mol. The average molecular weight is 236 g/mol. The number of allylic oxidation sites excluding steroid dienone is 2. The Hall–Kier alpha value is -1.22. The lowest BCUT2D eigenvalue weighted by molar-refractivity contribution is 0.108. The molecule has 86 valence electrons. The molecule has 0 saturated heterocycles. The molecule has 0 aromatic carbocycles. The number of rotatable bonds is 4. The summed E-state index contributed by atoms with van der Waals surface area (Å²) in [4.78, 5) is 0. The van der Waals surface area contributed by atoms with Gasteiger partial charge in [0.25, 0.3) is 0 Å². The highest BCUT2D eigenvalue weighted by atomic mass is 32.1. The van der Waals surface area contributed by atoms with E-state index in [1.165, 1.54) is 0 Å². The molecule has 2 rings (SSSR count). The van der Waals surface area contributed by atoms with E-state index in [2.05, 4.69) is 13.2 Å². The van der Waals surface area contributed by atoms with Gasteiger partial charge in [0, 0.05) is 16.2 Å². The third kappa shape index (κ3) is 2.14. The van der Waals surface area contributed by atoms with Crippen LogP contribution in [0.4, 0.5) is 0 Å². The summed E-state index contributed by atoms with van der Waals surface area (Å²) >= 11 is 1.60. The van der Waals surface area contributed by atoms with Gasteiger partial charge in [-0.2, -0.15) is 0 Å². The maximum absolute atomic E-state index is 5.80. The largest absolute Gasteiger partial charge is 0.488 e. The molecule has 0 radical (unpaired) electrons. The fraction of sp³-hybridized carbons (Fsp3) is 0.385. The van der Waals surface area contributed by atoms with Gasteiger partial charge in [0.1, 0.15) is 0 Å². The molecule has 1 aromatic rings. The summed E-state index contributed by atoms with van der Waals surface area (Å²) in [6.45, 7) is 8.94. The Morgan fingerprint density at radius 2 is 1.62 bits per heavy atom. The van der Waals surface area contributed by atoms with Gasteiger partial charge in [-0.3, -0.25) is 0 Å². The summed E-state index contributed by atoms with van der Waals surface area (Å²) in [5.74, 6) is 1.72.